The van der Waals surface area contributed by atoms with Crippen molar-refractivity contribution in [2.45, 2.75) is 13.0 Å². The molecule has 1 N–H and O–H groups in total. The van der Waals surface area contributed by atoms with Gasteiger partial charge in [-0.05, 0) is 31.2 Å². The van der Waals surface area contributed by atoms with E-state index in [0.717, 1.165) is 0 Å². The molecule has 1 unspecified atom stereocenters. The van der Waals surface area contributed by atoms with E-state index < -0.39 is 12.1 Å². The number of Topliss-reactive ketones (excluding diaryl/α,β-unsaturated/α-hetero) is 1. The zero-order valence-electron chi connectivity index (χ0n) is 9.67. The van der Waals surface area contributed by atoms with Crippen LogP contribution in [-0.4, -0.2) is 36.7 Å². The smallest absolute Gasteiger partial charge is 0.335 e. The van der Waals surface area contributed by atoms with Gasteiger partial charge < -0.3 is 14.6 Å². The van der Waals surface area contributed by atoms with E-state index in [-0.39, 0.29) is 12.4 Å². The van der Waals surface area contributed by atoms with Gasteiger partial charge in [-0.25, -0.2) is 4.79 Å². The third kappa shape index (κ3) is 3.88. The Hall–Kier alpha value is -1.88. The molecule has 1 aromatic carbocycles. The van der Waals surface area contributed by atoms with E-state index in [9.17, 15) is 9.59 Å². The molecular formula is C12H14O5. The Morgan fingerprint density at radius 3 is 2.35 bits per heavy atom. The number of aliphatic hydroxyl groups excluding tert-OH is 1. The van der Waals surface area contributed by atoms with Gasteiger partial charge in [-0.3, -0.25) is 4.79 Å². The molecule has 1 rings (SSSR count). The topological polar surface area (TPSA) is 72.8 Å². The maximum absolute atomic E-state index is 11.6. The predicted octanol–water partition coefficient (Wildman–Crippen LogP) is 0.802. The second kappa shape index (κ2) is 6.00. The monoisotopic (exact) mass is 238 g/mol. The van der Waals surface area contributed by atoms with Crippen molar-refractivity contribution in [2.75, 3.05) is 13.7 Å². The average molecular weight is 238 g/mol. The van der Waals surface area contributed by atoms with E-state index in [1.165, 1.54) is 14.0 Å². The maximum Gasteiger partial charge on any atom is 0.335 e. The third-order valence-corrected chi connectivity index (χ3v) is 2.10. The highest BCUT2D eigenvalue weighted by molar-refractivity contribution is 5.98. The number of benzene rings is 1. The van der Waals surface area contributed by atoms with Crippen LogP contribution in [0.4, 0.5) is 0 Å². The number of carbonyl (C=O) groups is 2. The lowest BCUT2D eigenvalue weighted by molar-refractivity contribution is -0.151. The van der Waals surface area contributed by atoms with Gasteiger partial charge >= 0.3 is 5.97 Å². The van der Waals surface area contributed by atoms with Crippen LogP contribution in [0.15, 0.2) is 24.3 Å². The first kappa shape index (κ1) is 13.2. The summed E-state index contributed by atoms with van der Waals surface area (Å²) in [5.74, 6) is -0.504. The molecule has 0 aromatic heterocycles. The van der Waals surface area contributed by atoms with Crippen molar-refractivity contribution < 1.29 is 24.2 Å². The van der Waals surface area contributed by atoms with Gasteiger partial charge in [0.05, 0.1) is 7.11 Å². The summed E-state index contributed by atoms with van der Waals surface area (Å²) in [7, 11) is 1.53. The Labute approximate surface area is 99.0 Å². The lowest BCUT2D eigenvalue weighted by Crippen LogP contribution is -2.22. The van der Waals surface area contributed by atoms with Crippen molar-refractivity contribution in [3.63, 3.8) is 0 Å². The summed E-state index contributed by atoms with van der Waals surface area (Å²) in [6, 6.07) is 6.45. The van der Waals surface area contributed by atoms with Crippen LogP contribution in [0, 0.1) is 0 Å². The zero-order chi connectivity index (χ0) is 12.8. The molecule has 0 fully saturated rings. The van der Waals surface area contributed by atoms with E-state index in [2.05, 4.69) is 4.74 Å². The summed E-state index contributed by atoms with van der Waals surface area (Å²) in [5.41, 5.74) is 0.421. The van der Waals surface area contributed by atoms with Gasteiger partial charge in [0, 0.05) is 5.56 Å². The largest absolute Gasteiger partial charge is 0.497 e. The Balaban J connectivity index is 2.55. The second-order valence-corrected chi connectivity index (χ2v) is 3.44. The van der Waals surface area contributed by atoms with Gasteiger partial charge in [-0.15, -0.1) is 0 Å². The molecule has 0 bridgehead atoms. The first-order valence-electron chi connectivity index (χ1n) is 5.06. The fourth-order valence-electron chi connectivity index (χ4n) is 1.12. The summed E-state index contributed by atoms with van der Waals surface area (Å²) in [5, 5.41) is 8.87. The molecule has 0 amide bonds. The molecule has 92 valence electrons. The molecule has 5 nitrogen and oxygen atoms in total. The number of hydrogen-bond donors (Lipinski definition) is 1. The molecular weight excluding hydrogens is 224 g/mol. The molecule has 1 atom stereocenters. The van der Waals surface area contributed by atoms with E-state index >= 15 is 0 Å². The zero-order valence-corrected chi connectivity index (χ0v) is 9.67. The molecule has 0 spiro atoms. The number of esters is 1. The highest BCUT2D eigenvalue weighted by Gasteiger charge is 2.13. The van der Waals surface area contributed by atoms with Crippen molar-refractivity contribution in [1.82, 2.24) is 0 Å². The van der Waals surface area contributed by atoms with E-state index in [0.29, 0.717) is 11.3 Å². The van der Waals surface area contributed by atoms with Crippen LogP contribution in [0.1, 0.15) is 17.3 Å². The van der Waals surface area contributed by atoms with Gasteiger partial charge in [-0.2, -0.15) is 0 Å². The van der Waals surface area contributed by atoms with E-state index in [1.54, 1.807) is 24.3 Å². The minimum Gasteiger partial charge on any atom is -0.497 e. The molecule has 0 aliphatic rings. The maximum atomic E-state index is 11.6. The fourth-order valence-corrected chi connectivity index (χ4v) is 1.12. The van der Waals surface area contributed by atoms with Crippen LogP contribution in [0.5, 0.6) is 5.75 Å². The first-order valence-corrected chi connectivity index (χ1v) is 5.06. The molecule has 17 heavy (non-hydrogen) atoms. The lowest BCUT2D eigenvalue weighted by atomic mass is 10.1. The Kier molecular flexibility index (Phi) is 4.66. The van der Waals surface area contributed by atoms with Crippen LogP contribution in [0.2, 0.25) is 0 Å². The molecule has 0 saturated heterocycles. The highest BCUT2D eigenvalue weighted by atomic mass is 16.5. The summed E-state index contributed by atoms with van der Waals surface area (Å²) >= 11 is 0. The van der Waals surface area contributed by atoms with Crippen LogP contribution in [-0.2, 0) is 9.53 Å². The standard InChI is InChI=1S/C12H14O5/c1-8(13)12(15)17-7-11(14)9-3-5-10(16-2)6-4-9/h3-6,8,13H,7H2,1-2H3. The van der Waals surface area contributed by atoms with Gasteiger partial charge in [0.15, 0.2) is 12.4 Å². The molecule has 0 aliphatic heterocycles. The number of ether oxygens (including phenoxy) is 2. The number of rotatable bonds is 5. The minimum absolute atomic E-state index is 0.332. The predicted molar refractivity (Wildman–Crippen MR) is 60.0 cm³/mol. The summed E-state index contributed by atoms with van der Waals surface area (Å²) < 4.78 is 9.56. The summed E-state index contributed by atoms with van der Waals surface area (Å²) in [6.07, 6.45) is -1.22. The van der Waals surface area contributed by atoms with Crippen LogP contribution in [0.3, 0.4) is 0 Å². The van der Waals surface area contributed by atoms with Gasteiger partial charge in [0.1, 0.15) is 11.9 Å². The van der Waals surface area contributed by atoms with Crippen molar-refractivity contribution in [1.29, 1.82) is 0 Å². The second-order valence-electron chi connectivity index (χ2n) is 3.44. The Morgan fingerprint density at radius 1 is 1.29 bits per heavy atom. The third-order valence-electron chi connectivity index (χ3n) is 2.10. The van der Waals surface area contributed by atoms with Gasteiger partial charge in [0.25, 0.3) is 0 Å². The van der Waals surface area contributed by atoms with Gasteiger partial charge in [0.2, 0.25) is 0 Å². The minimum atomic E-state index is -1.22. The summed E-state index contributed by atoms with van der Waals surface area (Å²) in [4.78, 5) is 22.5. The molecule has 0 saturated carbocycles. The number of aliphatic hydroxyl groups is 1. The van der Waals surface area contributed by atoms with Gasteiger partial charge in [-0.1, -0.05) is 0 Å². The molecule has 0 radical (unpaired) electrons. The average Bonchev–Trinajstić information content (AvgIpc) is 2.35. The first-order chi connectivity index (χ1) is 8.04. The molecule has 0 heterocycles. The highest BCUT2D eigenvalue weighted by Crippen LogP contribution is 2.11. The van der Waals surface area contributed by atoms with Crippen LogP contribution in [0.25, 0.3) is 0 Å². The van der Waals surface area contributed by atoms with Crippen LogP contribution < -0.4 is 4.74 Å². The number of carbonyl (C=O) groups excluding carboxylic acids is 2. The quantitative estimate of drug-likeness (QED) is 0.606. The number of hydrogen-bond acceptors (Lipinski definition) is 5. The Morgan fingerprint density at radius 2 is 1.88 bits per heavy atom. The number of ketones is 1. The number of methoxy groups -OCH3 is 1. The SMILES string of the molecule is COc1ccc(C(=O)COC(=O)C(C)O)cc1. The fraction of sp³-hybridized carbons (Fsp3) is 0.333. The molecule has 0 aliphatic carbocycles. The lowest BCUT2D eigenvalue weighted by Gasteiger charge is -2.06. The molecule has 1 aromatic rings. The van der Waals surface area contributed by atoms with E-state index in [4.69, 9.17) is 9.84 Å². The van der Waals surface area contributed by atoms with Crippen molar-refractivity contribution in [3.8, 4) is 5.75 Å². The van der Waals surface area contributed by atoms with Crippen molar-refractivity contribution in [3.05, 3.63) is 29.8 Å². The Bertz CT molecular complexity index is 394. The van der Waals surface area contributed by atoms with Crippen molar-refractivity contribution in [2.24, 2.45) is 0 Å². The van der Waals surface area contributed by atoms with E-state index in [1.807, 2.05) is 0 Å². The normalized spacial score (nSPS) is 11.7. The van der Waals surface area contributed by atoms with Crippen LogP contribution >= 0.6 is 0 Å². The van der Waals surface area contributed by atoms with Crippen molar-refractivity contribution >= 4 is 11.8 Å². The summed E-state index contributed by atoms with van der Waals surface area (Å²) in [6.45, 7) is 0.899. The molecule has 5 heteroatoms.